The Labute approximate surface area is 104 Å². The maximum Gasteiger partial charge on any atom is 0.257 e. The number of aromatic amines is 1. The number of nitrogens with one attached hydrogen (secondary N) is 2. The summed E-state index contributed by atoms with van der Waals surface area (Å²) in [5.41, 5.74) is 5.55. The van der Waals surface area contributed by atoms with Crippen LogP contribution in [-0.4, -0.2) is 35.7 Å². The van der Waals surface area contributed by atoms with Crippen molar-refractivity contribution in [3.05, 3.63) is 12.3 Å². The number of oxime groups is 1. The smallest absolute Gasteiger partial charge is 0.257 e. The van der Waals surface area contributed by atoms with Gasteiger partial charge in [0.15, 0.2) is 5.03 Å². The van der Waals surface area contributed by atoms with Crippen LogP contribution in [-0.2, 0) is 10.0 Å². The van der Waals surface area contributed by atoms with E-state index in [0.717, 1.165) is 6.42 Å². The van der Waals surface area contributed by atoms with Crippen LogP contribution in [0.4, 0.5) is 0 Å². The maximum atomic E-state index is 12.0. The van der Waals surface area contributed by atoms with Gasteiger partial charge in [-0.3, -0.25) is 5.10 Å². The molecule has 1 fully saturated rings. The van der Waals surface area contributed by atoms with Gasteiger partial charge in [0.1, 0.15) is 5.84 Å². The minimum absolute atomic E-state index is 0.00709. The first-order valence-electron chi connectivity index (χ1n) is 5.53. The fourth-order valence-electron chi connectivity index (χ4n) is 2.18. The van der Waals surface area contributed by atoms with E-state index >= 15 is 0 Å². The van der Waals surface area contributed by atoms with E-state index in [1.54, 1.807) is 0 Å². The number of hydrogen-bond donors (Lipinski definition) is 4. The number of amidine groups is 1. The van der Waals surface area contributed by atoms with Crippen LogP contribution in [0.3, 0.4) is 0 Å². The lowest BCUT2D eigenvalue weighted by atomic mass is 10.0. The lowest BCUT2D eigenvalue weighted by Gasteiger charge is -2.19. The number of H-pyrrole nitrogens is 1. The molecule has 2 rings (SSSR count). The van der Waals surface area contributed by atoms with Gasteiger partial charge in [0.25, 0.3) is 10.0 Å². The molecule has 8 nitrogen and oxygen atoms in total. The van der Waals surface area contributed by atoms with E-state index in [4.69, 9.17) is 10.9 Å². The molecule has 1 aliphatic carbocycles. The van der Waals surface area contributed by atoms with Crippen LogP contribution >= 0.6 is 0 Å². The molecule has 9 heteroatoms. The van der Waals surface area contributed by atoms with E-state index in [1.807, 2.05) is 0 Å². The second-order valence-corrected chi connectivity index (χ2v) is 5.89. The van der Waals surface area contributed by atoms with Gasteiger partial charge in [-0.05, 0) is 18.9 Å². The zero-order valence-electron chi connectivity index (χ0n) is 9.57. The van der Waals surface area contributed by atoms with Gasteiger partial charge in [0, 0.05) is 12.0 Å². The largest absolute Gasteiger partial charge is 0.409 e. The van der Waals surface area contributed by atoms with Crippen molar-refractivity contribution in [1.29, 1.82) is 0 Å². The first kappa shape index (κ1) is 12.8. The minimum Gasteiger partial charge on any atom is -0.409 e. The van der Waals surface area contributed by atoms with E-state index in [1.165, 1.54) is 12.3 Å². The molecule has 100 valence electrons. The topological polar surface area (TPSA) is 133 Å². The van der Waals surface area contributed by atoms with Crippen molar-refractivity contribution in [2.45, 2.75) is 30.3 Å². The normalized spacial score (nSPS) is 25.4. The Bertz CT molecular complexity index is 524. The standard InChI is InChI=1S/C9H15N5O3S/c10-9(13-15)6-2-1-3-7(6)14-18(16,17)8-4-5-11-12-8/h4-7,14-15H,1-3H2,(H2,10,13)(H,11,12). The molecule has 1 aromatic heterocycles. The van der Waals surface area contributed by atoms with E-state index < -0.39 is 10.0 Å². The van der Waals surface area contributed by atoms with Crippen molar-refractivity contribution in [3.8, 4) is 0 Å². The van der Waals surface area contributed by atoms with Crippen LogP contribution in [0.15, 0.2) is 22.4 Å². The number of rotatable bonds is 4. The lowest BCUT2D eigenvalue weighted by Crippen LogP contribution is -2.42. The molecule has 0 amide bonds. The van der Waals surface area contributed by atoms with Gasteiger partial charge >= 0.3 is 0 Å². The molecule has 1 aliphatic rings. The van der Waals surface area contributed by atoms with E-state index in [9.17, 15) is 8.42 Å². The average molecular weight is 273 g/mol. The Balaban J connectivity index is 2.14. The summed E-state index contributed by atoms with van der Waals surface area (Å²) >= 11 is 0. The summed E-state index contributed by atoms with van der Waals surface area (Å²) in [6, 6.07) is 1.02. The summed E-state index contributed by atoms with van der Waals surface area (Å²) in [4.78, 5) is 0. The summed E-state index contributed by atoms with van der Waals surface area (Å²) in [5.74, 6) is -0.211. The summed E-state index contributed by atoms with van der Waals surface area (Å²) in [6.45, 7) is 0. The quantitative estimate of drug-likeness (QED) is 0.256. The van der Waals surface area contributed by atoms with Crippen LogP contribution in [0, 0.1) is 5.92 Å². The zero-order valence-corrected chi connectivity index (χ0v) is 10.4. The molecule has 2 unspecified atom stereocenters. The molecule has 2 atom stereocenters. The molecule has 1 saturated carbocycles. The molecule has 0 bridgehead atoms. The lowest BCUT2D eigenvalue weighted by molar-refractivity contribution is 0.312. The van der Waals surface area contributed by atoms with Gasteiger partial charge in [-0.25, -0.2) is 13.1 Å². The molecule has 0 saturated heterocycles. The molecule has 1 aromatic rings. The molecule has 1 heterocycles. The Hall–Kier alpha value is -1.61. The minimum atomic E-state index is -3.64. The van der Waals surface area contributed by atoms with Crippen LogP contribution in [0.2, 0.25) is 0 Å². The maximum absolute atomic E-state index is 12.0. The number of sulfonamides is 1. The third kappa shape index (κ3) is 2.46. The first-order valence-corrected chi connectivity index (χ1v) is 7.02. The number of nitrogens with zero attached hydrogens (tertiary/aromatic N) is 2. The third-order valence-electron chi connectivity index (χ3n) is 3.08. The van der Waals surface area contributed by atoms with Gasteiger partial charge in [0.05, 0.1) is 6.20 Å². The van der Waals surface area contributed by atoms with Crippen molar-refractivity contribution < 1.29 is 13.6 Å². The Kier molecular flexibility index (Phi) is 3.53. The van der Waals surface area contributed by atoms with Crippen LogP contribution in [0.1, 0.15) is 19.3 Å². The van der Waals surface area contributed by atoms with Crippen LogP contribution in [0.5, 0.6) is 0 Å². The fraction of sp³-hybridized carbons (Fsp3) is 0.556. The van der Waals surface area contributed by atoms with Gasteiger partial charge < -0.3 is 10.9 Å². The summed E-state index contributed by atoms with van der Waals surface area (Å²) in [5, 5.41) is 17.6. The second kappa shape index (κ2) is 4.94. The molecule has 18 heavy (non-hydrogen) atoms. The Morgan fingerprint density at radius 2 is 2.39 bits per heavy atom. The predicted molar refractivity (Wildman–Crippen MR) is 63.4 cm³/mol. The molecule has 0 aromatic carbocycles. The summed E-state index contributed by atoms with van der Waals surface area (Å²) in [7, 11) is -3.64. The van der Waals surface area contributed by atoms with Crippen molar-refractivity contribution in [2.24, 2.45) is 16.8 Å². The molecular formula is C9H15N5O3S. The average Bonchev–Trinajstić information content (AvgIpc) is 2.97. The zero-order chi connectivity index (χ0) is 13.2. The van der Waals surface area contributed by atoms with E-state index in [-0.39, 0.29) is 22.8 Å². The number of nitrogens with two attached hydrogens (primary N) is 1. The first-order chi connectivity index (χ1) is 8.54. The van der Waals surface area contributed by atoms with Crippen molar-refractivity contribution in [3.63, 3.8) is 0 Å². The summed E-state index contributed by atoms with van der Waals surface area (Å²) in [6.07, 6.45) is 3.56. The Morgan fingerprint density at radius 1 is 1.61 bits per heavy atom. The van der Waals surface area contributed by atoms with Gasteiger partial charge in [0.2, 0.25) is 0 Å². The molecular weight excluding hydrogens is 258 g/mol. The molecule has 0 radical (unpaired) electrons. The second-order valence-electron chi connectivity index (χ2n) is 4.21. The highest BCUT2D eigenvalue weighted by molar-refractivity contribution is 7.89. The highest BCUT2D eigenvalue weighted by Crippen LogP contribution is 2.27. The van der Waals surface area contributed by atoms with Crippen LogP contribution in [0.25, 0.3) is 0 Å². The highest BCUT2D eigenvalue weighted by atomic mass is 32.2. The van der Waals surface area contributed by atoms with Crippen molar-refractivity contribution in [2.75, 3.05) is 0 Å². The van der Waals surface area contributed by atoms with Crippen molar-refractivity contribution >= 4 is 15.9 Å². The Morgan fingerprint density at radius 3 is 3.00 bits per heavy atom. The van der Waals surface area contributed by atoms with Crippen molar-refractivity contribution in [1.82, 2.24) is 14.9 Å². The highest BCUT2D eigenvalue weighted by Gasteiger charge is 2.34. The predicted octanol–water partition coefficient (Wildman–Crippen LogP) is -0.397. The van der Waals surface area contributed by atoms with Gasteiger partial charge in [-0.15, -0.1) is 0 Å². The monoisotopic (exact) mass is 273 g/mol. The van der Waals surface area contributed by atoms with Gasteiger partial charge in [-0.2, -0.15) is 5.10 Å². The van der Waals surface area contributed by atoms with E-state index in [0.29, 0.717) is 12.8 Å². The molecule has 5 N–H and O–H groups in total. The third-order valence-corrected chi connectivity index (χ3v) is 4.50. The van der Waals surface area contributed by atoms with Crippen LogP contribution < -0.4 is 10.5 Å². The van der Waals surface area contributed by atoms with Gasteiger partial charge in [-0.1, -0.05) is 11.6 Å². The van der Waals surface area contributed by atoms with E-state index in [2.05, 4.69) is 20.1 Å². The fourth-order valence-corrected chi connectivity index (χ4v) is 3.41. The molecule has 0 spiro atoms. The molecule has 0 aliphatic heterocycles. The SMILES string of the molecule is NC(=NO)C1CCCC1NS(=O)(=O)c1ccn[nH]1. The number of aromatic nitrogens is 2. The number of hydrogen-bond acceptors (Lipinski definition) is 5. The summed E-state index contributed by atoms with van der Waals surface area (Å²) < 4.78 is 26.5.